The van der Waals surface area contributed by atoms with E-state index < -0.39 is 5.54 Å². The third-order valence-corrected chi connectivity index (χ3v) is 3.04. The number of hydrogen-bond acceptors (Lipinski definition) is 2. The van der Waals surface area contributed by atoms with Gasteiger partial charge in [0.15, 0.2) is 0 Å². The summed E-state index contributed by atoms with van der Waals surface area (Å²) in [5.41, 5.74) is 6.10. The molecule has 0 aliphatic rings. The van der Waals surface area contributed by atoms with E-state index in [9.17, 15) is 4.79 Å². The Balaban J connectivity index is 2.94. The highest BCUT2D eigenvalue weighted by Gasteiger charge is 2.26. The molecule has 0 aliphatic carbocycles. The molecule has 0 unspecified atom stereocenters. The van der Waals surface area contributed by atoms with Gasteiger partial charge in [0.2, 0.25) is 0 Å². The lowest BCUT2D eigenvalue weighted by Gasteiger charge is -2.27. The van der Waals surface area contributed by atoms with E-state index in [1.807, 2.05) is 13.8 Å². The fourth-order valence-corrected chi connectivity index (χ4v) is 1.66. The number of nitrogens with one attached hydrogen (secondary N) is 1. The minimum atomic E-state index is -0.584. The number of amides is 1. The molecule has 0 atom stereocenters. The minimum absolute atomic E-state index is 0.218. The second-order valence-corrected chi connectivity index (χ2v) is 3.97. The summed E-state index contributed by atoms with van der Waals surface area (Å²) < 4.78 is 0. The maximum atomic E-state index is 12.1. The van der Waals surface area contributed by atoms with Crippen molar-refractivity contribution in [2.45, 2.75) is 32.2 Å². The van der Waals surface area contributed by atoms with Crippen molar-refractivity contribution in [3.05, 3.63) is 29.8 Å². The van der Waals surface area contributed by atoms with Crippen LogP contribution in [0.3, 0.4) is 0 Å². The summed E-state index contributed by atoms with van der Waals surface area (Å²) >= 11 is 0. The number of nitrogen functional groups attached to an aromatic ring is 1. The third kappa shape index (κ3) is 2.79. The molecule has 17 heavy (non-hydrogen) atoms. The Kier molecular flexibility index (Phi) is 4.17. The second kappa shape index (κ2) is 5.40. The lowest BCUT2D eigenvalue weighted by Crippen LogP contribution is -2.46. The van der Waals surface area contributed by atoms with Crippen LogP contribution in [-0.2, 0) is 0 Å². The maximum absolute atomic E-state index is 12.1. The smallest absolute Gasteiger partial charge is 0.254 e. The van der Waals surface area contributed by atoms with Crippen molar-refractivity contribution in [1.82, 2.24) is 5.32 Å². The average molecular weight is 230 g/mol. The van der Waals surface area contributed by atoms with Crippen LogP contribution in [-0.4, -0.2) is 11.4 Å². The molecule has 0 radical (unpaired) electrons. The van der Waals surface area contributed by atoms with Gasteiger partial charge in [-0.05, 0) is 25.0 Å². The molecule has 0 heterocycles. The monoisotopic (exact) mass is 230 g/mol. The van der Waals surface area contributed by atoms with Crippen LogP contribution in [0.5, 0.6) is 0 Å². The first kappa shape index (κ1) is 13.1. The Morgan fingerprint density at radius 3 is 2.47 bits per heavy atom. The largest absolute Gasteiger partial charge is 0.398 e. The van der Waals surface area contributed by atoms with Crippen molar-refractivity contribution in [3.63, 3.8) is 0 Å². The highest BCUT2D eigenvalue weighted by Crippen LogP contribution is 2.17. The first-order valence-corrected chi connectivity index (χ1v) is 5.73. The van der Waals surface area contributed by atoms with Crippen LogP contribution in [0, 0.1) is 12.3 Å². The van der Waals surface area contributed by atoms with Crippen molar-refractivity contribution in [2.75, 3.05) is 5.73 Å². The van der Waals surface area contributed by atoms with Crippen molar-refractivity contribution in [2.24, 2.45) is 0 Å². The maximum Gasteiger partial charge on any atom is 0.254 e. The number of rotatable bonds is 4. The van der Waals surface area contributed by atoms with Gasteiger partial charge in [0.25, 0.3) is 5.91 Å². The number of para-hydroxylation sites is 1. The van der Waals surface area contributed by atoms with Crippen LogP contribution in [0.15, 0.2) is 24.3 Å². The molecule has 0 saturated heterocycles. The van der Waals surface area contributed by atoms with Gasteiger partial charge >= 0.3 is 0 Å². The molecule has 0 spiro atoms. The fourth-order valence-electron chi connectivity index (χ4n) is 1.66. The molecule has 3 N–H and O–H groups in total. The Labute approximate surface area is 102 Å². The van der Waals surface area contributed by atoms with Gasteiger partial charge < -0.3 is 11.1 Å². The van der Waals surface area contributed by atoms with Crippen LogP contribution in [0.4, 0.5) is 5.69 Å². The summed E-state index contributed by atoms with van der Waals surface area (Å²) in [6.45, 7) is 3.91. The molecule has 0 aromatic heterocycles. The van der Waals surface area contributed by atoms with Crippen LogP contribution in [0.25, 0.3) is 0 Å². The zero-order valence-electron chi connectivity index (χ0n) is 10.3. The fraction of sp³-hybridized carbons (Fsp3) is 0.357. The van der Waals surface area contributed by atoms with E-state index in [4.69, 9.17) is 12.2 Å². The number of benzene rings is 1. The van der Waals surface area contributed by atoms with E-state index in [1.165, 1.54) is 0 Å². The van der Waals surface area contributed by atoms with E-state index in [0.717, 1.165) is 0 Å². The van der Waals surface area contributed by atoms with Crippen LogP contribution in [0.2, 0.25) is 0 Å². The van der Waals surface area contributed by atoms with Crippen LogP contribution >= 0.6 is 0 Å². The minimum Gasteiger partial charge on any atom is -0.398 e. The molecule has 3 nitrogen and oxygen atoms in total. The first-order chi connectivity index (χ1) is 8.08. The number of terminal acetylenes is 1. The van der Waals surface area contributed by atoms with E-state index >= 15 is 0 Å². The Morgan fingerprint density at radius 2 is 2.00 bits per heavy atom. The van der Waals surface area contributed by atoms with Gasteiger partial charge in [0.1, 0.15) is 5.54 Å². The summed E-state index contributed by atoms with van der Waals surface area (Å²) in [7, 11) is 0. The van der Waals surface area contributed by atoms with Crippen molar-refractivity contribution >= 4 is 11.6 Å². The zero-order valence-corrected chi connectivity index (χ0v) is 10.3. The molecule has 90 valence electrons. The van der Waals surface area contributed by atoms with Crippen LogP contribution in [0.1, 0.15) is 37.0 Å². The lowest BCUT2D eigenvalue weighted by molar-refractivity contribution is 0.0917. The van der Waals surface area contributed by atoms with Gasteiger partial charge in [-0.25, -0.2) is 0 Å². The van der Waals surface area contributed by atoms with Crippen molar-refractivity contribution in [1.29, 1.82) is 0 Å². The Hall–Kier alpha value is -1.95. The molecule has 0 saturated carbocycles. The van der Waals surface area contributed by atoms with E-state index in [2.05, 4.69) is 11.2 Å². The molecule has 1 amide bonds. The first-order valence-electron chi connectivity index (χ1n) is 5.73. The molecule has 1 aromatic rings. The van der Waals surface area contributed by atoms with Gasteiger partial charge in [0.05, 0.1) is 5.56 Å². The molecule has 0 aliphatic heterocycles. The molecule has 1 rings (SSSR count). The quantitative estimate of drug-likeness (QED) is 0.615. The Bertz CT molecular complexity index is 442. The molecule has 1 aromatic carbocycles. The second-order valence-electron chi connectivity index (χ2n) is 3.97. The average Bonchev–Trinajstić information content (AvgIpc) is 2.36. The molecule has 0 fully saturated rings. The van der Waals surface area contributed by atoms with Gasteiger partial charge in [-0.1, -0.05) is 31.9 Å². The topological polar surface area (TPSA) is 55.1 Å². The summed E-state index contributed by atoms with van der Waals surface area (Å²) in [4.78, 5) is 12.1. The summed E-state index contributed by atoms with van der Waals surface area (Å²) in [6.07, 6.45) is 6.88. The SMILES string of the molecule is C#CC(CC)(CC)NC(=O)c1ccccc1N. The van der Waals surface area contributed by atoms with E-state index in [1.54, 1.807) is 24.3 Å². The number of carbonyl (C=O) groups is 1. The standard InChI is InChI=1S/C14H18N2O/c1-4-14(5-2,6-3)16-13(17)11-9-7-8-10-12(11)15/h1,7-10H,5-6,15H2,2-3H3,(H,16,17). The van der Waals surface area contributed by atoms with Gasteiger partial charge in [-0.2, -0.15) is 0 Å². The van der Waals surface area contributed by atoms with E-state index in [0.29, 0.717) is 24.1 Å². The van der Waals surface area contributed by atoms with Gasteiger partial charge in [-0.3, -0.25) is 4.79 Å². The molecular formula is C14H18N2O. The number of nitrogens with two attached hydrogens (primary N) is 1. The third-order valence-electron chi connectivity index (χ3n) is 3.04. The summed E-state index contributed by atoms with van der Waals surface area (Å²) in [5.74, 6) is 2.44. The highest BCUT2D eigenvalue weighted by molar-refractivity contribution is 5.99. The molecule has 3 heteroatoms. The molecular weight excluding hydrogens is 212 g/mol. The van der Waals surface area contributed by atoms with E-state index in [-0.39, 0.29) is 5.91 Å². The predicted molar refractivity (Wildman–Crippen MR) is 70.5 cm³/mol. The molecule has 0 bridgehead atoms. The predicted octanol–water partition coefficient (Wildman–Crippen LogP) is 2.19. The highest BCUT2D eigenvalue weighted by atomic mass is 16.1. The normalized spacial score (nSPS) is 10.6. The zero-order chi connectivity index (χ0) is 12.9. The van der Waals surface area contributed by atoms with Gasteiger partial charge in [0, 0.05) is 5.69 Å². The number of carbonyl (C=O) groups excluding carboxylic acids is 1. The number of hydrogen-bond donors (Lipinski definition) is 2. The summed E-state index contributed by atoms with van der Waals surface area (Å²) in [5, 5.41) is 2.88. The number of anilines is 1. The van der Waals surface area contributed by atoms with Gasteiger partial charge in [-0.15, -0.1) is 6.42 Å². The van der Waals surface area contributed by atoms with Crippen LogP contribution < -0.4 is 11.1 Å². The summed E-state index contributed by atoms with van der Waals surface area (Å²) in [6, 6.07) is 6.96. The van der Waals surface area contributed by atoms with Crippen molar-refractivity contribution in [3.8, 4) is 12.3 Å². The Morgan fingerprint density at radius 1 is 1.41 bits per heavy atom. The lowest BCUT2D eigenvalue weighted by atomic mass is 9.93. The van der Waals surface area contributed by atoms with Crippen molar-refractivity contribution < 1.29 is 4.79 Å².